The fraction of sp³-hybridized carbons (Fsp3) is 0.909. The SMILES string of the molecule is CCN(CC)CCCNC1=NC[C@@H](C)S1. The van der Waals surface area contributed by atoms with E-state index < -0.39 is 0 Å². The van der Waals surface area contributed by atoms with Gasteiger partial charge in [0, 0.05) is 11.8 Å². The number of nitrogens with one attached hydrogen (secondary N) is 1. The number of thioether (sulfide) groups is 1. The van der Waals surface area contributed by atoms with Crippen molar-refractivity contribution in [1.29, 1.82) is 0 Å². The van der Waals surface area contributed by atoms with Crippen molar-refractivity contribution >= 4 is 16.9 Å². The first kappa shape index (κ1) is 12.8. The molecule has 0 aromatic heterocycles. The molecule has 1 rings (SSSR count). The molecule has 0 unspecified atom stereocenters. The molecule has 0 fully saturated rings. The van der Waals surface area contributed by atoms with Crippen molar-refractivity contribution in [3.05, 3.63) is 0 Å². The Morgan fingerprint density at radius 1 is 1.47 bits per heavy atom. The second-order valence-electron chi connectivity index (χ2n) is 3.88. The van der Waals surface area contributed by atoms with Crippen LogP contribution < -0.4 is 5.32 Å². The third-order valence-corrected chi connectivity index (χ3v) is 3.67. The summed E-state index contributed by atoms with van der Waals surface area (Å²) in [7, 11) is 0. The third-order valence-electron chi connectivity index (χ3n) is 2.63. The lowest BCUT2D eigenvalue weighted by Crippen LogP contribution is -2.28. The molecule has 0 saturated carbocycles. The normalized spacial score (nSPS) is 20.8. The van der Waals surface area contributed by atoms with Gasteiger partial charge >= 0.3 is 0 Å². The van der Waals surface area contributed by atoms with Gasteiger partial charge in [0.1, 0.15) is 0 Å². The molecule has 0 saturated heterocycles. The number of hydrogen-bond donors (Lipinski definition) is 1. The smallest absolute Gasteiger partial charge is 0.156 e. The van der Waals surface area contributed by atoms with E-state index in [0.717, 1.165) is 31.3 Å². The summed E-state index contributed by atoms with van der Waals surface area (Å²) in [4.78, 5) is 6.88. The summed E-state index contributed by atoms with van der Waals surface area (Å²) in [6.45, 7) is 12.2. The lowest BCUT2D eigenvalue weighted by Gasteiger charge is -2.17. The van der Waals surface area contributed by atoms with E-state index in [1.165, 1.54) is 13.0 Å². The van der Waals surface area contributed by atoms with Gasteiger partial charge in [-0.1, -0.05) is 32.5 Å². The molecule has 1 N–H and O–H groups in total. The number of amidine groups is 1. The van der Waals surface area contributed by atoms with Crippen molar-refractivity contribution in [3.8, 4) is 0 Å². The second-order valence-corrected chi connectivity index (χ2v) is 5.31. The van der Waals surface area contributed by atoms with Crippen molar-refractivity contribution < 1.29 is 0 Å². The molecule has 0 aliphatic carbocycles. The minimum Gasteiger partial charge on any atom is -0.365 e. The van der Waals surface area contributed by atoms with Gasteiger partial charge < -0.3 is 10.2 Å². The molecule has 0 amide bonds. The van der Waals surface area contributed by atoms with Gasteiger partial charge in [-0.2, -0.15) is 0 Å². The standard InChI is InChI=1S/C11H23N3S/c1-4-14(5-2)8-6-7-12-11-13-9-10(3)15-11/h10H,4-9H2,1-3H3,(H,12,13)/t10-/m1/s1. The van der Waals surface area contributed by atoms with Gasteiger partial charge in [-0.05, 0) is 26.1 Å². The highest BCUT2D eigenvalue weighted by Gasteiger charge is 2.13. The van der Waals surface area contributed by atoms with Gasteiger partial charge in [-0.15, -0.1) is 0 Å². The Bertz CT molecular complexity index is 202. The summed E-state index contributed by atoms with van der Waals surface area (Å²) in [6.07, 6.45) is 1.20. The minimum atomic E-state index is 0.662. The van der Waals surface area contributed by atoms with E-state index in [1.54, 1.807) is 0 Å². The van der Waals surface area contributed by atoms with Crippen molar-refractivity contribution in [2.24, 2.45) is 4.99 Å². The van der Waals surface area contributed by atoms with Gasteiger partial charge in [0.15, 0.2) is 5.17 Å². The first-order chi connectivity index (χ1) is 7.26. The molecule has 0 bridgehead atoms. The molecule has 1 heterocycles. The number of hydrogen-bond acceptors (Lipinski definition) is 4. The van der Waals surface area contributed by atoms with Gasteiger partial charge in [0.2, 0.25) is 0 Å². The lowest BCUT2D eigenvalue weighted by atomic mass is 10.3. The van der Waals surface area contributed by atoms with E-state index in [9.17, 15) is 0 Å². The minimum absolute atomic E-state index is 0.662. The van der Waals surface area contributed by atoms with E-state index in [0.29, 0.717) is 5.25 Å². The first-order valence-electron chi connectivity index (χ1n) is 5.93. The topological polar surface area (TPSA) is 27.6 Å². The summed E-state index contributed by atoms with van der Waals surface area (Å²) >= 11 is 1.86. The Morgan fingerprint density at radius 2 is 2.20 bits per heavy atom. The highest BCUT2D eigenvalue weighted by Crippen LogP contribution is 2.18. The molecule has 15 heavy (non-hydrogen) atoms. The molecule has 0 aromatic rings. The van der Waals surface area contributed by atoms with Crippen LogP contribution in [-0.2, 0) is 0 Å². The predicted octanol–water partition coefficient (Wildman–Crippen LogP) is 1.80. The maximum absolute atomic E-state index is 4.43. The monoisotopic (exact) mass is 229 g/mol. The van der Waals surface area contributed by atoms with E-state index in [1.807, 2.05) is 11.8 Å². The summed E-state index contributed by atoms with van der Waals surface area (Å²) in [6, 6.07) is 0. The van der Waals surface area contributed by atoms with Gasteiger partial charge in [0.25, 0.3) is 0 Å². The fourth-order valence-electron chi connectivity index (χ4n) is 1.61. The van der Waals surface area contributed by atoms with E-state index in [-0.39, 0.29) is 0 Å². The average molecular weight is 229 g/mol. The van der Waals surface area contributed by atoms with E-state index in [4.69, 9.17) is 0 Å². The Morgan fingerprint density at radius 3 is 2.73 bits per heavy atom. The molecular weight excluding hydrogens is 206 g/mol. The van der Waals surface area contributed by atoms with Crippen molar-refractivity contribution in [3.63, 3.8) is 0 Å². The van der Waals surface area contributed by atoms with E-state index >= 15 is 0 Å². The summed E-state index contributed by atoms with van der Waals surface area (Å²) in [5.41, 5.74) is 0. The van der Waals surface area contributed by atoms with E-state index in [2.05, 4.69) is 36.0 Å². The summed E-state index contributed by atoms with van der Waals surface area (Å²) in [5, 5.41) is 5.20. The zero-order valence-corrected chi connectivity index (χ0v) is 10.9. The average Bonchev–Trinajstić information content (AvgIpc) is 2.65. The molecule has 88 valence electrons. The third kappa shape index (κ3) is 4.89. The summed E-state index contributed by atoms with van der Waals surface area (Å²) < 4.78 is 0. The highest BCUT2D eigenvalue weighted by molar-refractivity contribution is 8.14. The number of aliphatic imine (C=N–C) groups is 1. The quantitative estimate of drug-likeness (QED) is 0.704. The molecule has 1 atom stereocenters. The summed E-state index contributed by atoms with van der Waals surface area (Å²) in [5.74, 6) is 0. The maximum Gasteiger partial charge on any atom is 0.156 e. The Kier molecular flexibility index (Phi) is 6.10. The van der Waals surface area contributed by atoms with Crippen LogP contribution in [0.15, 0.2) is 4.99 Å². The molecule has 1 aliphatic rings. The van der Waals surface area contributed by atoms with Gasteiger partial charge in [-0.3, -0.25) is 4.99 Å². The van der Waals surface area contributed by atoms with Gasteiger partial charge in [-0.25, -0.2) is 0 Å². The Hall–Kier alpha value is -0.220. The van der Waals surface area contributed by atoms with Crippen LogP contribution in [0.4, 0.5) is 0 Å². The van der Waals surface area contributed by atoms with Crippen LogP contribution >= 0.6 is 11.8 Å². The molecule has 4 heteroatoms. The van der Waals surface area contributed by atoms with Crippen LogP contribution in [0.2, 0.25) is 0 Å². The molecule has 1 aliphatic heterocycles. The zero-order valence-electron chi connectivity index (χ0n) is 10.1. The molecule has 0 aromatic carbocycles. The van der Waals surface area contributed by atoms with Crippen molar-refractivity contribution in [2.75, 3.05) is 32.7 Å². The molecule has 0 spiro atoms. The molecular formula is C11H23N3S. The van der Waals surface area contributed by atoms with Crippen LogP contribution in [-0.4, -0.2) is 48.0 Å². The fourth-order valence-corrected chi connectivity index (χ4v) is 2.48. The second kappa shape index (κ2) is 7.12. The predicted molar refractivity (Wildman–Crippen MR) is 69.8 cm³/mol. The zero-order chi connectivity index (χ0) is 11.1. The van der Waals surface area contributed by atoms with Crippen LogP contribution in [0, 0.1) is 0 Å². The van der Waals surface area contributed by atoms with Gasteiger partial charge in [0.05, 0.1) is 6.54 Å². The number of rotatable bonds is 6. The van der Waals surface area contributed by atoms with Crippen molar-refractivity contribution in [2.45, 2.75) is 32.4 Å². The maximum atomic E-state index is 4.43. The molecule has 3 nitrogen and oxygen atoms in total. The van der Waals surface area contributed by atoms with Crippen LogP contribution in [0.3, 0.4) is 0 Å². The number of nitrogens with zero attached hydrogens (tertiary/aromatic N) is 2. The Labute approximate surface area is 97.7 Å². The largest absolute Gasteiger partial charge is 0.365 e. The molecule has 0 radical (unpaired) electrons. The van der Waals surface area contributed by atoms with Crippen LogP contribution in [0.1, 0.15) is 27.2 Å². The van der Waals surface area contributed by atoms with Crippen LogP contribution in [0.25, 0.3) is 0 Å². The van der Waals surface area contributed by atoms with Crippen LogP contribution in [0.5, 0.6) is 0 Å². The highest BCUT2D eigenvalue weighted by atomic mass is 32.2. The Balaban J connectivity index is 2.02. The van der Waals surface area contributed by atoms with Crippen molar-refractivity contribution in [1.82, 2.24) is 10.2 Å². The first-order valence-corrected chi connectivity index (χ1v) is 6.81. The lowest BCUT2D eigenvalue weighted by molar-refractivity contribution is 0.300.